The number of carbonyl (C=O) groups excluding carboxylic acids is 2. The largest absolute Gasteiger partial charge is 0.372 e. The quantitative estimate of drug-likeness (QED) is 0.801. The van der Waals surface area contributed by atoms with Crippen LogP contribution in [0.5, 0.6) is 0 Å². The number of aryl methyl sites for hydroxylation is 3. The Morgan fingerprint density at radius 2 is 1.72 bits per heavy atom. The van der Waals surface area contributed by atoms with Crippen LogP contribution in [0.4, 0.5) is 16.5 Å². The van der Waals surface area contributed by atoms with Crippen molar-refractivity contribution in [3.05, 3.63) is 34.3 Å². The molecule has 1 heterocycles. The number of nitrogens with one attached hydrogen (secondary N) is 2. The Morgan fingerprint density at radius 3 is 2.24 bits per heavy atom. The van der Waals surface area contributed by atoms with E-state index in [1.54, 1.807) is 0 Å². The van der Waals surface area contributed by atoms with E-state index in [2.05, 4.69) is 34.4 Å². The lowest BCUT2D eigenvalue weighted by Gasteiger charge is -2.22. The molecule has 2 amide bonds. The second kappa shape index (κ2) is 8.11. The first-order valence-electron chi connectivity index (χ1n) is 8.27. The minimum atomic E-state index is -0.721. The average molecular weight is 360 g/mol. The van der Waals surface area contributed by atoms with Crippen LogP contribution >= 0.6 is 11.3 Å². The number of carbonyl (C=O) groups is 2. The van der Waals surface area contributed by atoms with E-state index in [0.717, 1.165) is 34.9 Å². The summed E-state index contributed by atoms with van der Waals surface area (Å²) in [6.45, 7) is 11.7. The summed E-state index contributed by atoms with van der Waals surface area (Å²) in [5, 5.41) is 5.63. The molecular weight excluding hydrogens is 336 g/mol. The molecule has 7 heteroatoms. The van der Waals surface area contributed by atoms with Crippen LogP contribution in [0.25, 0.3) is 0 Å². The molecule has 1 aromatic carbocycles. The van der Waals surface area contributed by atoms with Gasteiger partial charge in [-0.3, -0.25) is 14.9 Å². The highest BCUT2D eigenvalue weighted by Gasteiger charge is 2.17. The van der Waals surface area contributed by atoms with E-state index >= 15 is 0 Å². The third-order valence-electron chi connectivity index (χ3n) is 4.04. The number of anilines is 3. The van der Waals surface area contributed by atoms with Gasteiger partial charge in [0, 0.05) is 29.3 Å². The normalized spacial score (nSPS) is 10.4. The van der Waals surface area contributed by atoms with Gasteiger partial charge in [-0.15, -0.1) is 11.3 Å². The number of hydrogen-bond donors (Lipinski definition) is 2. The summed E-state index contributed by atoms with van der Waals surface area (Å²) in [5.41, 5.74) is 3.48. The molecule has 2 rings (SSSR count). The molecule has 0 aliphatic heterocycles. The molecule has 2 N–H and O–H groups in total. The summed E-state index contributed by atoms with van der Waals surface area (Å²) in [4.78, 5) is 31.6. The number of thiazole rings is 1. The van der Waals surface area contributed by atoms with E-state index in [0.29, 0.717) is 10.8 Å². The van der Waals surface area contributed by atoms with Crippen LogP contribution in [0, 0.1) is 20.8 Å². The van der Waals surface area contributed by atoms with Crippen molar-refractivity contribution in [2.24, 2.45) is 0 Å². The minimum absolute atomic E-state index is 0.434. The highest BCUT2D eigenvalue weighted by molar-refractivity contribution is 7.15. The number of rotatable bonds is 5. The van der Waals surface area contributed by atoms with Crippen LogP contribution in [0.3, 0.4) is 0 Å². The van der Waals surface area contributed by atoms with E-state index in [1.807, 2.05) is 39.0 Å². The number of amides is 2. The number of hydrogen-bond acceptors (Lipinski definition) is 5. The molecule has 0 radical (unpaired) electrons. The van der Waals surface area contributed by atoms with Gasteiger partial charge in [-0.25, -0.2) is 4.98 Å². The smallest absolute Gasteiger partial charge is 0.315 e. The van der Waals surface area contributed by atoms with E-state index in [1.165, 1.54) is 11.3 Å². The van der Waals surface area contributed by atoms with E-state index in [-0.39, 0.29) is 0 Å². The van der Waals surface area contributed by atoms with Gasteiger partial charge >= 0.3 is 11.8 Å². The fraction of sp³-hybridized carbons (Fsp3) is 0.389. The molecule has 134 valence electrons. The Kier molecular flexibility index (Phi) is 6.14. The minimum Gasteiger partial charge on any atom is -0.372 e. The summed E-state index contributed by atoms with van der Waals surface area (Å²) < 4.78 is 0. The summed E-state index contributed by atoms with van der Waals surface area (Å²) in [6, 6.07) is 5.78. The Balaban J connectivity index is 2.05. The SMILES string of the molecule is CCN(CC)c1ccc(NC(=O)C(=O)Nc2nc(C)c(C)s2)c(C)c1. The van der Waals surface area contributed by atoms with Gasteiger partial charge in [0.2, 0.25) is 0 Å². The third kappa shape index (κ3) is 4.57. The molecule has 0 saturated heterocycles. The summed E-state index contributed by atoms with van der Waals surface area (Å²) in [5.74, 6) is -1.43. The Morgan fingerprint density at radius 1 is 1.08 bits per heavy atom. The first-order valence-corrected chi connectivity index (χ1v) is 9.09. The van der Waals surface area contributed by atoms with Crippen LogP contribution in [0.1, 0.15) is 30.0 Å². The predicted octanol–water partition coefficient (Wildman–Crippen LogP) is 3.49. The standard InChI is InChI=1S/C18H24N4O2S/c1-6-22(7-2)14-8-9-15(11(3)10-14)20-16(23)17(24)21-18-19-12(4)13(5)25-18/h8-10H,6-7H2,1-5H3,(H,20,23)(H,19,21,24). The van der Waals surface area contributed by atoms with Gasteiger partial charge in [0.25, 0.3) is 0 Å². The van der Waals surface area contributed by atoms with Gasteiger partial charge in [-0.1, -0.05) is 0 Å². The van der Waals surface area contributed by atoms with Gasteiger partial charge in [0.15, 0.2) is 5.13 Å². The summed E-state index contributed by atoms with van der Waals surface area (Å²) in [6.07, 6.45) is 0. The predicted molar refractivity (Wildman–Crippen MR) is 104 cm³/mol. The van der Waals surface area contributed by atoms with Crippen molar-refractivity contribution in [1.82, 2.24) is 4.98 Å². The van der Waals surface area contributed by atoms with Gasteiger partial charge in [0.1, 0.15) is 0 Å². The van der Waals surface area contributed by atoms with Crippen LogP contribution in [-0.2, 0) is 9.59 Å². The molecule has 1 aromatic heterocycles. The molecule has 0 unspecified atom stereocenters. The van der Waals surface area contributed by atoms with Crippen LogP contribution in [0.2, 0.25) is 0 Å². The first kappa shape index (κ1) is 18.9. The molecular formula is C18H24N4O2S. The monoisotopic (exact) mass is 360 g/mol. The Bertz CT molecular complexity index is 762. The lowest BCUT2D eigenvalue weighted by atomic mass is 10.1. The second-order valence-corrected chi connectivity index (χ2v) is 6.94. The summed E-state index contributed by atoms with van der Waals surface area (Å²) >= 11 is 1.35. The zero-order valence-electron chi connectivity index (χ0n) is 15.3. The highest BCUT2D eigenvalue weighted by Crippen LogP contribution is 2.23. The van der Waals surface area contributed by atoms with E-state index in [9.17, 15) is 9.59 Å². The molecule has 25 heavy (non-hydrogen) atoms. The number of nitrogens with zero attached hydrogens (tertiary/aromatic N) is 2. The van der Waals surface area contributed by atoms with Crippen molar-refractivity contribution in [1.29, 1.82) is 0 Å². The Labute approximate surface area is 152 Å². The maximum atomic E-state index is 12.1. The zero-order valence-corrected chi connectivity index (χ0v) is 16.1. The van der Waals surface area contributed by atoms with Gasteiger partial charge in [-0.05, 0) is 58.4 Å². The van der Waals surface area contributed by atoms with Gasteiger partial charge < -0.3 is 10.2 Å². The molecule has 0 aliphatic rings. The van der Waals surface area contributed by atoms with Crippen LogP contribution in [-0.4, -0.2) is 29.9 Å². The number of benzene rings is 1. The van der Waals surface area contributed by atoms with Crippen molar-refractivity contribution in [2.45, 2.75) is 34.6 Å². The van der Waals surface area contributed by atoms with Crippen LogP contribution < -0.4 is 15.5 Å². The van der Waals surface area contributed by atoms with Crippen LogP contribution in [0.15, 0.2) is 18.2 Å². The highest BCUT2D eigenvalue weighted by atomic mass is 32.1. The number of aromatic nitrogens is 1. The Hall–Kier alpha value is -2.41. The molecule has 0 fully saturated rings. The first-order chi connectivity index (χ1) is 11.8. The van der Waals surface area contributed by atoms with Crippen molar-refractivity contribution in [3.8, 4) is 0 Å². The van der Waals surface area contributed by atoms with Gasteiger partial charge in [0.05, 0.1) is 5.69 Å². The lowest BCUT2D eigenvalue weighted by Crippen LogP contribution is -2.29. The maximum Gasteiger partial charge on any atom is 0.315 e. The maximum absolute atomic E-state index is 12.1. The van der Waals surface area contributed by atoms with E-state index in [4.69, 9.17) is 0 Å². The van der Waals surface area contributed by atoms with E-state index < -0.39 is 11.8 Å². The fourth-order valence-corrected chi connectivity index (χ4v) is 3.24. The lowest BCUT2D eigenvalue weighted by molar-refractivity contribution is -0.133. The molecule has 0 aliphatic carbocycles. The topological polar surface area (TPSA) is 74.3 Å². The average Bonchev–Trinajstić information content (AvgIpc) is 2.88. The fourth-order valence-electron chi connectivity index (χ4n) is 2.43. The van der Waals surface area contributed by atoms with Crippen molar-refractivity contribution in [3.63, 3.8) is 0 Å². The third-order valence-corrected chi connectivity index (χ3v) is 5.03. The second-order valence-electron chi connectivity index (χ2n) is 5.74. The van der Waals surface area contributed by atoms with Crippen molar-refractivity contribution >= 4 is 39.7 Å². The van der Waals surface area contributed by atoms with Crippen molar-refractivity contribution < 1.29 is 9.59 Å². The molecule has 0 spiro atoms. The zero-order chi connectivity index (χ0) is 18.6. The molecule has 0 bridgehead atoms. The molecule has 0 saturated carbocycles. The van der Waals surface area contributed by atoms with Crippen molar-refractivity contribution in [2.75, 3.05) is 28.6 Å². The molecule has 2 aromatic rings. The molecule has 6 nitrogen and oxygen atoms in total. The molecule has 0 atom stereocenters. The van der Waals surface area contributed by atoms with Gasteiger partial charge in [-0.2, -0.15) is 0 Å². The summed E-state index contributed by atoms with van der Waals surface area (Å²) in [7, 11) is 0.